The Labute approximate surface area is 250 Å². The molecule has 2 amide bonds. The van der Waals surface area contributed by atoms with E-state index in [0.717, 1.165) is 47.9 Å². The van der Waals surface area contributed by atoms with Crippen LogP contribution in [0.15, 0.2) is 61.1 Å². The van der Waals surface area contributed by atoms with Gasteiger partial charge in [-0.1, -0.05) is 25.3 Å². The number of hydrogen-bond donors (Lipinski definition) is 1. The quantitative estimate of drug-likeness (QED) is 0.280. The zero-order chi connectivity index (χ0) is 30.5. The minimum absolute atomic E-state index is 0.0218. The van der Waals surface area contributed by atoms with Gasteiger partial charge < -0.3 is 24.2 Å². The molecule has 0 bridgehead atoms. The summed E-state index contributed by atoms with van der Waals surface area (Å²) >= 11 is 0. The summed E-state index contributed by atoms with van der Waals surface area (Å²) in [6, 6.07) is 12.8. The van der Waals surface area contributed by atoms with Crippen LogP contribution < -0.4 is 4.74 Å². The predicted molar refractivity (Wildman–Crippen MR) is 163 cm³/mol. The van der Waals surface area contributed by atoms with Crippen molar-refractivity contribution in [2.24, 2.45) is 0 Å². The fraction of sp³-hybridized carbons (Fsp3) is 0.364. The molecule has 0 atom stereocenters. The predicted octanol–water partition coefficient (Wildman–Crippen LogP) is 4.97. The lowest BCUT2D eigenvalue weighted by Crippen LogP contribution is -2.30. The third-order valence-corrected chi connectivity index (χ3v) is 8.09. The Morgan fingerprint density at radius 1 is 0.977 bits per heavy atom. The number of fused-ring (bicyclic) bond motifs is 1. The minimum atomic E-state index is -1.02. The van der Waals surface area contributed by atoms with Crippen LogP contribution >= 0.6 is 0 Å². The van der Waals surface area contributed by atoms with Gasteiger partial charge in [-0.25, -0.2) is 4.79 Å². The highest BCUT2D eigenvalue weighted by molar-refractivity contribution is 5.99. The number of aromatic nitrogens is 3. The summed E-state index contributed by atoms with van der Waals surface area (Å²) in [5, 5.41) is 10.8. The number of carboxylic acid groups (broad SMARTS) is 1. The summed E-state index contributed by atoms with van der Waals surface area (Å²) in [6.45, 7) is 0.257. The standard InChI is InChI=1S/C33H37N5O5/c1-36(2)30(40)21-43-26-12-9-23(10-13-26)32-31(22-7-5-4-6-8-22)27-14-11-24(33(41)42)17-28(27)38(32)20-29(39)37(3)19-25-18-34-15-16-35-25/h9-18,22H,4-8,19-21H2,1-3H3,(H,41,42). The number of amides is 2. The van der Waals surface area contributed by atoms with Crippen molar-refractivity contribution in [2.75, 3.05) is 27.7 Å². The number of likely N-dealkylation sites (N-methyl/N-ethyl adjacent to an activating group) is 2. The van der Waals surface area contributed by atoms with E-state index in [1.807, 2.05) is 34.9 Å². The van der Waals surface area contributed by atoms with Gasteiger partial charge in [-0.2, -0.15) is 0 Å². The molecule has 2 aromatic carbocycles. The Morgan fingerprint density at radius 3 is 2.37 bits per heavy atom. The fourth-order valence-electron chi connectivity index (χ4n) is 5.77. The van der Waals surface area contributed by atoms with Gasteiger partial charge in [0.25, 0.3) is 5.91 Å². The maximum atomic E-state index is 13.7. The van der Waals surface area contributed by atoms with Crippen LogP contribution in [0.5, 0.6) is 5.75 Å². The van der Waals surface area contributed by atoms with Crippen LogP contribution in [0.4, 0.5) is 0 Å². The van der Waals surface area contributed by atoms with E-state index in [1.54, 1.807) is 56.8 Å². The van der Waals surface area contributed by atoms with Gasteiger partial charge in [-0.3, -0.25) is 19.6 Å². The van der Waals surface area contributed by atoms with Crippen molar-refractivity contribution in [3.05, 3.63) is 77.9 Å². The molecule has 0 aliphatic heterocycles. The number of carboxylic acids is 1. The van der Waals surface area contributed by atoms with Gasteiger partial charge in [0.2, 0.25) is 5.91 Å². The second kappa shape index (κ2) is 13.1. The van der Waals surface area contributed by atoms with Crippen molar-refractivity contribution in [3.8, 4) is 17.0 Å². The summed E-state index contributed by atoms with van der Waals surface area (Å²) in [5.41, 5.74) is 4.50. The van der Waals surface area contributed by atoms with Crippen LogP contribution in [0, 0.1) is 0 Å². The molecule has 224 valence electrons. The van der Waals surface area contributed by atoms with Crippen molar-refractivity contribution < 1.29 is 24.2 Å². The van der Waals surface area contributed by atoms with Crippen LogP contribution in [0.3, 0.4) is 0 Å². The van der Waals surface area contributed by atoms with E-state index in [0.29, 0.717) is 23.5 Å². The number of nitrogens with zero attached hydrogens (tertiary/aromatic N) is 5. The molecule has 2 heterocycles. The third kappa shape index (κ3) is 6.69. The third-order valence-electron chi connectivity index (χ3n) is 8.09. The average Bonchev–Trinajstić information content (AvgIpc) is 3.34. The second-order valence-corrected chi connectivity index (χ2v) is 11.3. The van der Waals surface area contributed by atoms with Crippen LogP contribution in [0.25, 0.3) is 22.2 Å². The number of rotatable bonds is 10. The van der Waals surface area contributed by atoms with Gasteiger partial charge in [-0.05, 0) is 66.3 Å². The molecule has 0 saturated heterocycles. The number of aromatic carboxylic acids is 1. The van der Waals surface area contributed by atoms with Gasteiger partial charge in [0.15, 0.2) is 6.61 Å². The number of ether oxygens (including phenoxy) is 1. The van der Waals surface area contributed by atoms with E-state index in [-0.39, 0.29) is 36.4 Å². The first-order valence-electron chi connectivity index (χ1n) is 14.5. The molecule has 1 aliphatic carbocycles. The molecule has 0 spiro atoms. The van der Waals surface area contributed by atoms with Crippen LogP contribution in [-0.2, 0) is 22.7 Å². The monoisotopic (exact) mass is 583 g/mol. The molecule has 1 aliphatic rings. The molecule has 4 aromatic rings. The van der Waals surface area contributed by atoms with E-state index in [1.165, 1.54) is 11.3 Å². The van der Waals surface area contributed by atoms with Gasteiger partial charge in [-0.15, -0.1) is 0 Å². The molecule has 0 radical (unpaired) electrons. The maximum absolute atomic E-state index is 13.7. The molecular formula is C33H37N5O5. The van der Waals surface area contributed by atoms with Gasteiger partial charge in [0.05, 0.1) is 35.2 Å². The smallest absolute Gasteiger partial charge is 0.335 e. The van der Waals surface area contributed by atoms with Crippen LogP contribution in [0.2, 0.25) is 0 Å². The Hall–Kier alpha value is -4.73. The molecule has 1 N–H and O–H groups in total. The Bertz CT molecular complexity index is 1610. The van der Waals surface area contributed by atoms with Crippen LogP contribution in [-0.4, -0.2) is 75.0 Å². The topological polar surface area (TPSA) is 118 Å². The first kappa shape index (κ1) is 29.8. The van der Waals surface area contributed by atoms with E-state index in [9.17, 15) is 19.5 Å². The first-order valence-corrected chi connectivity index (χ1v) is 14.5. The zero-order valence-corrected chi connectivity index (χ0v) is 24.8. The summed E-state index contributed by atoms with van der Waals surface area (Å²) in [4.78, 5) is 49.2. The minimum Gasteiger partial charge on any atom is -0.484 e. The first-order chi connectivity index (χ1) is 20.7. The Kier molecular flexibility index (Phi) is 9.04. The molecule has 0 unspecified atom stereocenters. The maximum Gasteiger partial charge on any atom is 0.335 e. The largest absolute Gasteiger partial charge is 0.484 e. The van der Waals surface area contributed by atoms with Gasteiger partial charge in [0, 0.05) is 38.9 Å². The Balaban J connectivity index is 1.60. The molecule has 10 nitrogen and oxygen atoms in total. The lowest BCUT2D eigenvalue weighted by Gasteiger charge is -2.24. The molecular weight excluding hydrogens is 546 g/mol. The normalized spacial score (nSPS) is 13.6. The fourth-order valence-corrected chi connectivity index (χ4v) is 5.77. The molecule has 1 saturated carbocycles. The zero-order valence-electron chi connectivity index (χ0n) is 24.8. The van der Waals surface area contributed by atoms with Gasteiger partial charge >= 0.3 is 5.97 Å². The highest BCUT2D eigenvalue weighted by Gasteiger charge is 2.28. The van der Waals surface area contributed by atoms with E-state index in [4.69, 9.17) is 4.74 Å². The number of hydrogen-bond acceptors (Lipinski definition) is 6. The number of carbonyl (C=O) groups is 3. The lowest BCUT2D eigenvalue weighted by molar-refractivity contribution is -0.131. The highest BCUT2D eigenvalue weighted by atomic mass is 16.5. The summed E-state index contributed by atoms with van der Waals surface area (Å²) in [5.74, 6) is -0.447. The Morgan fingerprint density at radius 2 is 1.72 bits per heavy atom. The second-order valence-electron chi connectivity index (χ2n) is 11.3. The summed E-state index contributed by atoms with van der Waals surface area (Å²) in [7, 11) is 5.10. The molecule has 43 heavy (non-hydrogen) atoms. The van der Waals surface area contributed by atoms with Crippen molar-refractivity contribution in [2.45, 2.75) is 51.1 Å². The van der Waals surface area contributed by atoms with Gasteiger partial charge in [0.1, 0.15) is 12.3 Å². The van der Waals surface area contributed by atoms with Crippen molar-refractivity contribution in [3.63, 3.8) is 0 Å². The molecule has 2 aromatic heterocycles. The van der Waals surface area contributed by atoms with E-state index in [2.05, 4.69) is 9.97 Å². The molecule has 5 rings (SSSR count). The van der Waals surface area contributed by atoms with E-state index < -0.39 is 5.97 Å². The average molecular weight is 584 g/mol. The lowest BCUT2D eigenvalue weighted by atomic mass is 9.82. The van der Waals surface area contributed by atoms with E-state index >= 15 is 0 Å². The SMILES string of the molecule is CN(C)C(=O)COc1ccc(-c2c(C3CCCCC3)c3ccc(C(=O)O)cc3n2CC(=O)N(C)Cc2cnccn2)cc1. The van der Waals surface area contributed by atoms with Crippen molar-refractivity contribution in [1.82, 2.24) is 24.3 Å². The highest BCUT2D eigenvalue weighted by Crippen LogP contribution is 2.44. The number of carbonyl (C=O) groups excluding carboxylic acids is 2. The summed E-state index contributed by atoms with van der Waals surface area (Å²) < 4.78 is 7.68. The molecule has 10 heteroatoms. The molecule has 1 fully saturated rings. The van der Waals surface area contributed by atoms with Crippen molar-refractivity contribution in [1.29, 1.82) is 0 Å². The summed E-state index contributed by atoms with van der Waals surface area (Å²) in [6.07, 6.45) is 10.3. The van der Waals surface area contributed by atoms with Crippen LogP contribution in [0.1, 0.15) is 59.6 Å². The number of benzene rings is 2. The van der Waals surface area contributed by atoms with Crippen molar-refractivity contribution >= 4 is 28.7 Å².